The standard InChI is InChI=1S/C10H11F3O3S.Na.H/c1-2-4-7-5-3-6-8(10(11,12)13)9(7)17(14,15)16;;/h3,5-6H,2,4H2,1H3,(H,14,15,16);;/q;+1;-1. The van der Waals surface area contributed by atoms with E-state index in [2.05, 4.69) is 0 Å². The third kappa shape index (κ3) is 4.24. The molecule has 0 unspecified atom stereocenters. The smallest absolute Gasteiger partial charge is 1.00 e. The van der Waals surface area contributed by atoms with Gasteiger partial charge in [-0.05, 0) is 18.1 Å². The van der Waals surface area contributed by atoms with Gasteiger partial charge < -0.3 is 1.43 Å². The van der Waals surface area contributed by atoms with Crippen LogP contribution in [0.2, 0.25) is 0 Å². The van der Waals surface area contributed by atoms with E-state index in [9.17, 15) is 21.6 Å². The molecule has 3 nitrogen and oxygen atoms in total. The monoisotopic (exact) mass is 292 g/mol. The molecule has 1 N–H and O–H groups in total. The molecular formula is C10H12F3NaO3S. The Bertz CT molecular complexity index is 517. The van der Waals surface area contributed by atoms with Crippen LogP contribution in [0.3, 0.4) is 0 Å². The van der Waals surface area contributed by atoms with Gasteiger partial charge in [-0.2, -0.15) is 21.6 Å². The summed E-state index contributed by atoms with van der Waals surface area (Å²) in [6.45, 7) is 1.70. The van der Waals surface area contributed by atoms with Gasteiger partial charge >= 0.3 is 35.7 Å². The van der Waals surface area contributed by atoms with Crippen LogP contribution in [-0.4, -0.2) is 13.0 Å². The van der Waals surface area contributed by atoms with Gasteiger partial charge in [0.1, 0.15) is 4.90 Å². The number of hydrogen-bond acceptors (Lipinski definition) is 2. The molecule has 1 rings (SSSR count). The average molecular weight is 292 g/mol. The largest absolute Gasteiger partial charge is 1.00 e. The van der Waals surface area contributed by atoms with Crippen LogP contribution in [0.5, 0.6) is 0 Å². The molecule has 0 fully saturated rings. The molecule has 0 heterocycles. The second kappa shape index (κ2) is 6.38. The maximum absolute atomic E-state index is 12.6. The minimum Gasteiger partial charge on any atom is -1.00 e. The average Bonchev–Trinajstić information content (AvgIpc) is 2.14. The first kappa shape index (κ1) is 17.9. The quantitative estimate of drug-likeness (QED) is 0.631. The zero-order chi connectivity index (χ0) is 13.3. The molecule has 8 heteroatoms. The van der Waals surface area contributed by atoms with Crippen molar-refractivity contribution in [1.82, 2.24) is 0 Å². The van der Waals surface area contributed by atoms with E-state index in [0.29, 0.717) is 12.5 Å². The molecule has 0 radical (unpaired) electrons. The SMILES string of the molecule is CCCc1cccc(C(F)(F)F)c1S(=O)(=O)O.[H-].[Na+]. The Morgan fingerprint density at radius 1 is 1.33 bits per heavy atom. The molecule has 0 aliphatic heterocycles. The molecule has 0 bridgehead atoms. The van der Waals surface area contributed by atoms with Crippen molar-refractivity contribution in [2.24, 2.45) is 0 Å². The Kier molecular flexibility index (Phi) is 6.35. The van der Waals surface area contributed by atoms with Gasteiger partial charge in [0.15, 0.2) is 0 Å². The molecule has 0 amide bonds. The Morgan fingerprint density at radius 3 is 2.28 bits per heavy atom. The molecule has 0 saturated carbocycles. The predicted octanol–water partition coefficient (Wildman–Crippen LogP) is 0.0211. The van der Waals surface area contributed by atoms with Gasteiger partial charge in [0.05, 0.1) is 5.56 Å². The van der Waals surface area contributed by atoms with E-state index in [1.807, 2.05) is 0 Å². The van der Waals surface area contributed by atoms with E-state index in [1.165, 1.54) is 6.07 Å². The van der Waals surface area contributed by atoms with E-state index < -0.39 is 26.8 Å². The van der Waals surface area contributed by atoms with Crippen LogP contribution in [-0.2, 0) is 22.7 Å². The number of aryl methyl sites for hydroxylation is 1. The van der Waals surface area contributed by atoms with Crippen molar-refractivity contribution in [1.29, 1.82) is 0 Å². The van der Waals surface area contributed by atoms with Crippen LogP contribution in [0.25, 0.3) is 0 Å². The van der Waals surface area contributed by atoms with Crippen molar-refractivity contribution in [2.75, 3.05) is 0 Å². The van der Waals surface area contributed by atoms with E-state index in [4.69, 9.17) is 4.55 Å². The third-order valence-corrected chi connectivity index (χ3v) is 3.18. The zero-order valence-corrected chi connectivity index (χ0v) is 12.8. The van der Waals surface area contributed by atoms with E-state index >= 15 is 0 Å². The number of halogens is 3. The maximum atomic E-state index is 12.6. The predicted molar refractivity (Wildman–Crippen MR) is 56.4 cm³/mol. The molecular weight excluding hydrogens is 280 g/mol. The summed E-state index contributed by atoms with van der Waals surface area (Å²) < 4.78 is 68.9. The number of rotatable bonds is 3. The first-order chi connectivity index (χ1) is 7.68. The van der Waals surface area contributed by atoms with Crippen LogP contribution in [0.4, 0.5) is 13.2 Å². The summed E-state index contributed by atoms with van der Waals surface area (Å²) in [5, 5.41) is 0. The van der Waals surface area contributed by atoms with Gasteiger partial charge in [-0.3, -0.25) is 4.55 Å². The van der Waals surface area contributed by atoms with E-state index in [-0.39, 0.29) is 43.0 Å². The first-order valence-corrected chi connectivity index (χ1v) is 6.28. The summed E-state index contributed by atoms with van der Waals surface area (Å²) in [5.74, 6) is 0. The molecule has 98 valence electrons. The number of alkyl halides is 3. The fourth-order valence-electron chi connectivity index (χ4n) is 1.58. The van der Waals surface area contributed by atoms with Gasteiger partial charge in [0.2, 0.25) is 0 Å². The van der Waals surface area contributed by atoms with Crippen molar-refractivity contribution in [3.63, 3.8) is 0 Å². The summed E-state index contributed by atoms with van der Waals surface area (Å²) in [5.41, 5.74) is -1.35. The second-order valence-corrected chi connectivity index (χ2v) is 4.88. The van der Waals surface area contributed by atoms with E-state index in [1.54, 1.807) is 6.92 Å². The summed E-state index contributed by atoms with van der Waals surface area (Å²) in [6.07, 6.45) is -4.18. The van der Waals surface area contributed by atoms with Crippen molar-refractivity contribution in [3.8, 4) is 0 Å². The Hall–Kier alpha value is -0.0800. The van der Waals surface area contributed by atoms with Gasteiger partial charge in [0.25, 0.3) is 10.1 Å². The minimum atomic E-state index is -4.89. The number of benzene rings is 1. The van der Waals surface area contributed by atoms with Crippen molar-refractivity contribution in [3.05, 3.63) is 29.3 Å². The van der Waals surface area contributed by atoms with E-state index in [0.717, 1.165) is 6.07 Å². The third-order valence-electron chi connectivity index (χ3n) is 2.18. The molecule has 0 atom stereocenters. The Morgan fingerprint density at radius 2 is 1.89 bits per heavy atom. The number of hydrogen-bond donors (Lipinski definition) is 1. The van der Waals surface area contributed by atoms with Gasteiger partial charge in [-0.15, -0.1) is 0 Å². The van der Waals surface area contributed by atoms with Crippen LogP contribution in [0.1, 0.15) is 25.9 Å². The van der Waals surface area contributed by atoms with Crippen LogP contribution < -0.4 is 29.6 Å². The molecule has 0 spiro atoms. The summed E-state index contributed by atoms with van der Waals surface area (Å²) in [4.78, 5) is -1.03. The van der Waals surface area contributed by atoms with Crippen LogP contribution >= 0.6 is 0 Å². The van der Waals surface area contributed by atoms with Gasteiger partial charge in [-0.1, -0.05) is 25.5 Å². The topological polar surface area (TPSA) is 54.4 Å². The zero-order valence-electron chi connectivity index (χ0n) is 11.0. The Balaban J connectivity index is 0. The maximum Gasteiger partial charge on any atom is 1.00 e. The molecule has 18 heavy (non-hydrogen) atoms. The summed E-state index contributed by atoms with van der Waals surface area (Å²) in [7, 11) is -4.89. The molecule has 1 aromatic rings. The first-order valence-electron chi connectivity index (χ1n) is 4.84. The fraction of sp³-hybridized carbons (Fsp3) is 0.400. The van der Waals surface area contributed by atoms with Crippen molar-refractivity contribution < 1.29 is 57.1 Å². The summed E-state index contributed by atoms with van der Waals surface area (Å²) >= 11 is 0. The summed E-state index contributed by atoms with van der Waals surface area (Å²) in [6, 6.07) is 3.03. The van der Waals surface area contributed by atoms with Crippen LogP contribution in [0, 0.1) is 0 Å². The molecule has 0 saturated heterocycles. The molecule has 0 aromatic heterocycles. The van der Waals surface area contributed by atoms with Crippen LogP contribution in [0.15, 0.2) is 23.1 Å². The van der Waals surface area contributed by atoms with Crippen molar-refractivity contribution >= 4 is 10.1 Å². The molecule has 0 aliphatic carbocycles. The minimum absolute atomic E-state index is 0. The second-order valence-electron chi connectivity index (χ2n) is 3.52. The van der Waals surface area contributed by atoms with Gasteiger partial charge in [-0.25, -0.2) is 0 Å². The van der Waals surface area contributed by atoms with Crippen molar-refractivity contribution in [2.45, 2.75) is 30.8 Å². The molecule has 1 aromatic carbocycles. The fourth-order valence-corrected chi connectivity index (χ4v) is 2.54. The normalized spacial score (nSPS) is 12.1. The Labute approximate surface area is 127 Å². The molecule has 0 aliphatic rings. The van der Waals surface area contributed by atoms with Gasteiger partial charge in [0, 0.05) is 0 Å².